The van der Waals surface area contributed by atoms with E-state index in [-0.39, 0.29) is 10.8 Å². The monoisotopic (exact) mass is 300 g/mol. The lowest BCUT2D eigenvalue weighted by molar-refractivity contribution is -0.137. The van der Waals surface area contributed by atoms with Crippen molar-refractivity contribution >= 4 is 17.6 Å². The van der Waals surface area contributed by atoms with E-state index in [0.29, 0.717) is 5.75 Å². The Morgan fingerprint density at radius 2 is 1.95 bits per heavy atom. The lowest BCUT2D eigenvalue weighted by Gasteiger charge is -2.09. The van der Waals surface area contributed by atoms with Gasteiger partial charge in [0.05, 0.1) is 12.7 Å². The topological polar surface area (TPSA) is 48.1 Å². The molecule has 0 fully saturated rings. The van der Waals surface area contributed by atoms with Gasteiger partial charge in [-0.15, -0.1) is 0 Å². The van der Waals surface area contributed by atoms with E-state index < -0.39 is 11.7 Å². The second kappa shape index (κ2) is 5.62. The number of halogens is 3. The van der Waals surface area contributed by atoms with E-state index in [9.17, 15) is 13.2 Å². The molecule has 3 nitrogen and oxygen atoms in total. The molecule has 1 aromatic carbocycles. The number of nitrogens with zero attached hydrogens (tertiary/aromatic N) is 1. The Hall–Kier alpha value is -1.89. The molecule has 0 aliphatic rings. The zero-order valence-corrected chi connectivity index (χ0v) is 11.3. The number of nitrogen functional groups attached to an aromatic ring is 1. The fraction of sp³-hybridized carbons (Fsp3) is 0.154. The van der Waals surface area contributed by atoms with Crippen LogP contribution in [-0.4, -0.2) is 12.1 Å². The highest BCUT2D eigenvalue weighted by molar-refractivity contribution is 7.99. The number of anilines is 1. The van der Waals surface area contributed by atoms with Crippen molar-refractivity contribution in [3.63, 3.8) is 0 Å². The molecule has 0 atom stereocenters. The van der Waals surface area contributed by atoms with Crippen LogP contribution in [0.4, 0.5) is 19.0 Å². The first-order valence-corrected chi connectivity index (χ1v) is 6.37. The number of pyridine rings is 1. The zero-order chi connectivity index (χ0) is 14.8. The van der Waals surface area contributed by atoms with Crippen molar-refractivity contribution in [1.82, 2.24) is 4.98 Å². The van der Waals surface area contributed by atoms with Gasteiger partial charge in [-0.2, -0.15) is 13.2 Å². The summed E-state index contributed by atoms with van der Waals surface area (Å²) in [5.74, 6) is 0.458. The van der Waals surface area contributed by atoms with E-state index in [1.807, 2.05) is 0 Å². The first-order valence-electron chi connectivity index (χ1n) is 5.55. The van der Waals surface area contributed by atoms with Gasteiger partial charge in [-0.25, -0.2) is 4.98 Å². The van der Waals surface area contributed by atoms with E-state index in [1.54, 1.807) is 24.3 Å². The van der Waals surface area contributed by atoms with Crippen LogP contribution in [0.1, 0.15) is 5.56 Å². The average Bonchev–Trinajstić information content (AvgIpc) is 2.37. The lowest BCUT2D eigenvalue weighted by atomic mass is 10.2. The van der Waals surface area contributed by atoms with Gasteiger partial charge >= 0.3 is 6.18 Å². The molecular weight excluding hydrogens is 289 g/mol. The summed E-state index contributed by atoms with van der Waals surface area (Å²) in [7, 11) is 1.52. The molecule has 0 unspecified atom stereocenters. The third-order valence-electron chi connectivity index (χ3n) is 2.41. The summed E-state index contributed by atoms with van der Waals surface area (Å²) in [6.07, 6.45) is -4.44. The van der Waals surface area contributed by atoms with Crippen molar-refractivity contribution in [1.29, 1.82) is 0 Å². The van der Waals surface area contributed by atoms with Gasteiger partial charge < -0.3 is 10.5 Å². The molecule has 1 aromatic heterocycles. The number of alkyl halides is 3. The van der Waals surface area contributed by atoms with Crippen LogP contribution in [0.5, 0.6) is 5.75 Å². The largest absolute Gasteiger partial charge is 0.497 e. The number of hydrogen-bond donors (Lipinski definition) is 1. The molecule has 0 saturated carbocycles. The second-order valence-corrected chi connectivity index (χ2v) is 4.99. The Labute approximate surface area is 118 Å². The number of benzene rings is 1. The number of methoxy groups -OCH3 is 1. The molecule has 2 aromatic rings. The standard InChI is InChI=1S/C13H11F3N2OS/c1-19-9-3-2-4-10(7-9)20-12-6-8(13(14,15)16)5-11(17)18-12/h2-7H,1H3,(H2,17,18). The second-order valence-electron chi connectivity index (χ2n) is 3.90. The number of aromatic nitrogens is 1. The predicted molar refractivity (Wildman–Crippen MR) is 70.8 cm³/mol. The minimum absolute atomic E-state index is 0.162. The minimum Gasteiger partial charge on any atom is -0.497 e. The molecule has 1 heterocycles. The van der Waals surface area contributed by atoms with E-state index in [0.717, 1.165) is 28.8 Å². The number of nitrogens with two attached hydrogens (primary N) is 1. The molecule has 106 valence electrons. The van der Waals surface area contributed by atoms with Gasteiger partial charge in [-0.1, -0.05) is 17.8 Å². The van der Waals surface area contributed by atoms with Crippen molar-refractivity contribution in [2.24, 2.45) is 0 Å². The maximum Gasteiger partial charge on any atom is 0.416 e. The number of hydrogen-bond acceptors (Lipinski definition) is 4. The molecule has 0 aliphatic carbocycles. The summed E-state index contributed by atoms with van der Waals surface area (Å²) >= 11 is 1.09. The van der Waals surface area contributed by atoms with Gasteiger partial charge in [0.2, 0.25) is 0 Å². The smallest absolute Gasteiger partial charge is 0.416 e. The Kier molecular flexibility index (Phi) is 4.08. The first kappa shape index (κ1) is 14.5. The van der Waals surface area contributed by atoms with Gasteiger partial charge in [0.1, 0.15) is 16.6 Å². The maximum absolute atomic E-state index is 12.7. The lowest BCUT2D eigenvalue weighted by Crippen LogP contribution is -2.07. The van der Waals surface area contributed by atoms with Crippen molar-refractivity contribution in [2.45, 2.75) is 16.1 Å². The molecule has 0 amide bonds. The summed E-state index contributed by atoms with van der Waals surface area (Å²) in [4.78, 5) is 4.62. The van der Waals surface area contributed by atoms with Crippen LogP contribution < -0.4 is 10.5 Å². The fourth-order valence-electron chi connectivity index (χ4n) is 1.53. The predicted octanol–water partition coefficient (Wildman–Crippen LogP) is 3.84. The average molecular weight is 300 g/mol. The van der Waals surface area contributed by atoms with Gasteiger partial charge in [-0.3, -0.25) is 0 Å². The van der Waals surface area contributed by atoms with Crippen LogP contribution in [0.15, 0.2) is 46.3 Å². The van der Waals surface area contributed by atoms with Crippen molar-refractivity contribution in [3.05, 3.63) is 42.0 Å². The Balaban J connectivity index is 2.31. The molecule has 0 saturated heterocycles. The number of rotatable bonds is 3. The zero-order valence-electron chi connectivity index (χ0n) is 10.4. The van der Waals surface area contributed by atoms with E-state index in [1.165, 1.54) is 7.11 Å². The maximum atomic E-state index is 12.7. The van der Waals surface area contributed by atoms with Crippen LogP contribution >= 0.6 is 11.8 Å². The van der Waals surface area contributed by atoms with Crippen LogP contribution in [0, 0.1) is 0 Å². The molecule has 20 heavy (non-hydrogen) atoms. The minimum atomic E-state index is -4.44. The molecule has 0 aliphatic heterocycles. The van der Waals surface area contributed by atoms with Crippen molar-refractivity contribution in [3.8, 4) is 5.75 Å². The van der Waals surface area contributed by atoms with E-state index in [2.05, 4.69) is 4.98 Å². The van der Waals surface area contributed by atoms with Crippen LogP contribution in [-0.2, 0) is 6.18 Å². The molecule has 0 radical (unpaired) electrons. The van der Waals surface area contributed by atoms with E-state index in [4.69, 9.17) is 10.5 Å². The van der Waals surface area contributed by atoms with Crippen molar-refractivity contribution < 1.29 is 17.9 Å². The third-order valence-corrected chi connectivity index (χ3v) is 3.32. The molecule has 2 rings (SSSR count). The highest BCUT2D eigenvalue weighted by atomic mass is 32.2. The van der Waals surface area contributed by atoms with Crippen LogP contribution in [0.25, 0.3) is 0 Å². The SMILES string of the molecule is COc1cccc(Sc2cc(C(F)(F)F)cc(N)n2)c1. The Morgan fingerprint density at radius 1 is 1.20 bits per heavy atom. The molecule has 2 N–H and O–H groups in total. The molecule has 0 spiro atoms. The summed E-state index contributed by atoms with van der Waals surface area (Å²) in [6, 6.07) is 8.75. The first-order chi connectivity index (χ1) is 9.38. The quantitative estimate of drug-likeness (QED) is 0.935. The molecule has 7 heteroatoms. The summed E-state index contributed by atoms with van der Waals surface area (Å²) in [6.45, 7) is 0. The van der Waals surface area contributed by atoms with Gasteiger partial charge in [0, 0.05) is 4.90 Å². The Morgan fingerprint density at radius 3 is 2.60 bits per heavy atom. The Bertz CT molecular complexity index is 617. The van der Waals surface area contributed by atoms with Crippen LogP contribution in [0.3, 0.4) is 0 Å². The normalized spacial score (nSPS) is 11.4. The van der Waals surface area contributed by atoms with Gasteiger partial charge in [0.15, 0.2) is 0 Å². The summed E-state index contributed by atoms with van der Waals surface area (Å²) in [5, 5.41) is 0.186. The number of ether oxygens (including phenoxy) is 1. The van der Waals surface area contributed by atoms with Gasteiger partial charge in [-0.05, 0) is 30.3 Å². The van der Waals surface area contributed by atoms with Gasteiger partial charge in [0.25, 0.3) is 0 Å². The van der Waals surface area contributed by atoms with Crippen LogP contribution in [0.2, 0.25) is 0 Å². The molecule has 0 bridgehead atoms. The summed E-state index contributed by atoms with van der Waals surface area (Å²) < 4.78 is 43.1. The highest BCUT2D eigenvalue weighted by Crippen LogP contribution is 2.35. The highest BCUT2D eigenvalue weighted by Gasteiger charge is 2.31. The molecular formula is C13H11F3N2OS. The summed E-state index contributed by atoms with van der Waals surface area (Å²) in [5.41, 5.74) is 4.61. The van der Waals surface area contributed by atoms with Crippen molar-refractivity contribution in [2.75, 3.05) is 12.8 Å². The fourth-order valence-corrected chi connectivity index (χ4v) is 2.43. The third kappa shape index (κ3) is 3.57. The van der Waals surface area contributed by atoms with E-state index >= 15 is 0 Å².